The highest BCUT2D eigenvalue weighted by molar-refractivity contribution is 7.04. The van der Waals surface area contributed by atoms with Crippen molar-refractivity contribution >= 4 is 61.2 Å². The summed E-state index contributed by atoms with van der Waals surface area (Å²) in [5.41, 5.74) is 25.7. The van der Waals surface area contributed by atoms with Crippen LogP contribution >= 0.6 is 0 Å². The van der Waals surface area contributed by atoms with Crippen molar-refractivity contribution in [2.75, 3.05) is 0 Å². The Morgan fingerprint density at radius 3 is 1.01 bits per heavy atom. The molecule has 0 nitrogen and oxygen atoms in total. The largest absolute Gasteiger partial charge is 0.113 e. The smallest absolute Gasteiger partial charge is 0.0623 e. The fourth-order valence-corrected chi connectivity index (χ4v) is 19.3. The van der Waals surface area contributed by atoms with Gasteiger partial charge in [-0.3, -0.25) is 0 Å². The second kappa shape index (κ2) is 15.6. The van der Waals surface area contributed by atoms with Gasteiger partial charge in [-0.15, -0.1) is 0 Å². The third-order valence-corrected chi connectivity index (χ3v) is 23.9. The molecule has 0 radical (unpaired) electrons. The van der Waals surface area contributed by atoms with E-state index in [9.17, 15) is 0 Å². The minimum atomic E-state index is -1.68. The normalized spacial score (nSPS) is 15.3. The van der Waals surface area contributed by atoms with Gasteiger partial charge >= 0.3 is 0 Å². The molecular formula is C69H52Si2. The SMILES string of the molecule is C[Si]1(C)c2ccccc2-c2cc(-c3ccc(/C=C/c4ccc5c(c4)C4(c6ccccc6-c6ccccc64)c4cc(/C=C/c6ccc(-c7ccc8c(c7)-c7ccccc7[Si]8(C)C)cc6)ccc4-5)cc3)ccc21. The van der Waals surface area contributed by atoms with E-state index >= 15 is 0 Å². The van der Waals surface area contributed by atoms with Gasteiger partial charge in [0.25, 0.3) is 0 Å². The van der Waals surface area contributed by atoms with E-state index in [0.717, 1.165) is 0 Å². The van der Waals surface area contributed by atoms with Gasteiger partial charge in [-0.05, 0) is 156 Å². The van der Waals surface area contributed by atoms with E-state index in [1.165, 1.54) is 111 Å². The van der Waals surface area contributed by atoms with Gasteiger partial charge in [-0.1, -0.05) is 245 Å². The number of fused-ring (bicyclic) bond motifs is 16. The summed E-state index contributed by atoms with van der Waals surface area (Å²) in [6, 6.07) is 83.0. The van der Waals surface area contributed by atoms with E-state index in [0.29, 0.717) is 0 Å². The van der Waals surface area contributed by atoms with Crippen LogP contribution in [0.1, 0.15) is 44.5 Å². The Bertz CT molecular complexity index is 3660. The Labute approximate surface area is 420 Å². The summed E-state index contributed by atoms with van der Waals surface area (Å²) in [6.45, 7) is 9.93. The van der Waals surface area contributed by atoms with Gasteiger partial charge in [0, 0.05) is 0 Å². The molecule has 0 aromatic heterocycles. The summed E-state index contributed by atoms with van der Waals surface area (Å²) in [4.78, 5) is 0. The average molecular weight is 937 g/mol. The van der Waals surface area contributed by atoms with E-state index in [-0.39, 0.29) is 0 Å². The van der Waals surface area contributed by atoms with Gasteiger partial charge < -0.3 is 0 Å². The lowest BCUT2D eigenvalue weighted by molar-refractivity contribution is 0.793. The maximum absolute atomic E-state index is 2.48. The molecule has 336 valence electrons. The molecule has 0 saturated heterocycles. The summed E-state index contributed by atoms with van der Waals surface area (Å²) >= 11 is 0. The van der Waals surface area contributed by atoms with Crippen LogP contribution in [0.4, 0.5) is 0 Å². The summed E-state index contributed by atoms with van der Waals surface area (Å²) < 4.78 is 0. The topological polar surface area (TPSA) is 0 Å². The van der Waals surface area contributed by atoms with Crippen LogP contribution < -0.4 is 20.7 Å². The van der Waals surface area contributed by atoms with Crippen molar-refractivity contribution < 1.29 is 0 Å². The highest BCUT2D eigenvalue weighted by Gasteiger charge is 2.51. The minimum absolute atomic E-state index is 0.434. The van der Waals surface area contributed by atoms with E-state index in [1.807, 2.05) is 0 Å². The molecule has 1 spiro atoms. The zero-order chi connectivity index (χ0) is 47.6. The van der Waals surface area contributed by atoms with Crippen molar-refractivity contribution in [1.29, 1.82) is 0 Å². The molecule has 10 aromatic carbocycles. The first-order valence-corrected chi connectivity index (χ1v) is 31.2. The Morgan fingerprint density at radius 2 is 0.577 bits per heavy atom. The standard InChI is InChI=1S/C69H52Si2/c1-70(2)65-19-11-7-15-57(65)59-43-51(35-39-67(59)70)49-31-25-45(26-32-49)21-23-47-29-37-55-56-38-30-48(42-64(56)69(63(55)41-47)61-17-9-5-13-53(61)54-14-6-10-18-62(54)69)24-22-46-27-33-50(34-28-46)52-36-40-68-60(44-52)58-16-8-12-20-66(58)71(68,3)4/h5-44H,1-4H3/b23-21+,24-22+. The van der Waals surface area contributed by atoms with Crippen LogP contribution in [0.5, 0.6) is 0 Å². The number of hydrogen-bond donors (Lipinski definition) is 0. The third kappa shape index (κ3) is 6.21. The Balaban J connectivity index is 0.781. The predicted octanol–water partition coefficient (Wildman–Crippen LogP) is 15.3. The fourth-order valence-electron chi connectivity index (χ4n) is 13.1. The van der Waals surface area contributed by atoms with Crippen molar-refractivity contribution in [2.45, 2.75) is 31.6 Å². The fraction of sp³-hybridized carbons (Fsp3) is 0.0725. The van der Waals surface area contributed by atoms with Gasteiger partial charge in [0.15, 0.2) is 0 Å². The summed E-state index contributed by atoms with van der Waals surface area (Å²) in [7, 11) is -3.36. The highest BCUT2D eigenvalue weighted by atomic mass is 28.3. The van der Waals surface area contributed by atoms with Crippen molar-refractivity contribution in [3.05, 3.63) is 263 Å². The van der Waals surface area contributed by atoms with Crippen LogP contribution in [0.3, 0.4) is 0 Å². The lowest BCUT2D eigenvalue weighted by Gasteiger charge is -2.30. The Morgan fingerprint density at radius 1 is 0.254 bits per heavy atom. The first-order valence-electron chi connectivity index (χ1n) is 25.2. The molecule has 0 unspecified atom stereocenters. The van der Waals surface area contributed by atoms with E-state index < -0.39 is 21.6 Å². The minimum Gasteiger partial charge on any atom is -0.0623 e. The van der Waals surface area contributed by atoms with Crippen LogP contribution in [-0.4, -0.2) is 16.1 Å². The van der Waals surface area contributed by atoms with Crippen molar-refractivity contribution in [3.63, 3.8) is 0 Å². The predicted molar refractivity (Wildman–Crippen MR) is 309 cm³/mol. The molecule has 4 aliphatic rings. The van der Waals surface area contributed by atoms with Crippen LogP contribution in [-0.2, 0) is 5.41 Å². The maximum atomic E-state index is 2.48. The molecule has 0 saturated carbocycles. The molecule has 2 heterocycles. The van der Waals surface area contributed by atoms with E-state index in [2.05, 4.69) is 269 Å². The molecule has 2 aliphatic carbocycles. The van der Waals surface area contributed by atoms with E-state index in [4.69, 9.17) is 0 Å². The lowest BCUT2D eigenvalue weighted by Crippen LogP contribution is -2.49. The first-order chi connectivity index (χ1) is 34.7. The zero-order valence-corrected chi connectivity index (χ0v) is 42.6. The van der Waals surface area contributed by atoms with Gasteiger partial charge in [0.2, 0.25) is 0 Å². The molecule has 0 bridgehead atoms. The second-order valence-electron chi connectivity index (χ2n) is 21.2. The molecule has 71 heavy (non-hydrogen) atoms. The quantitative estimate of drug-likeness (QED) is 0.115. The van der Waals surface area contributed by atoms with Gasteiger partial charge in [-0.2, -0.15) is 0 Å². The third-order valence-electron chi connectivity index (χ3n) is 16.7. The van der Waals surface area contributed by atoms with Gasteiger partial charge in [0.05, 0.1) is 5.41 Å². The Hall–Kier alpha value is -7.89. The molecule has 2 heteroatoms. The highest BCUT2D eigenvalue weighted by Crippen LogP contribution is 2.63. The molecule has 0 N–H and O–H groups in total. The Kier molecular flexibility index (Phi) is 9.21. The van der Waals surface area contributed by atoms with Crippen LogP contribution in [0.2, 0.25) is 26.2 Å². The van der Waals surface area contributed by atoms with Crippen LogP contribution in [0.25, 0.3) is 91.1 Å². The first kappa shape index (κ1) is 42.0. The van der Waals surface area contributed by atoms with Gasteiger partial charge in [0.1, 0.15) is 16.1 Å². The summed E-state index contributed by atoms with van der Waals surface area (Å²) in [5.74, 6) is 0. The maximum Gasteiger partial charge on any atom is 0.113 e. The monoisotopic (exact) mass is 936 g/mol. The van der Waals surface area contributed by atoms with Crippen molar-refractivity contribution in [2.24, 2.45) is 0 Å². The van der Waals surface area contributed by atoms with Crippen molar-refractivity contribution in [1.82, 2.24) is 0 Å². The molecule has 0 atom stereocenters. The molecular weight excluding hydrogens is 885 g/mol. The molecule has 10 aromatic rings. The molecule has 14 rings (SSSR count). The number of hydrogen-bond acceptors (Lipinski definition) is 0. The summed E-state index contributed by atoms with van der Waals surface area (Å²) in [6.07, 6.45) is 9.13. The molecule has 0 fully saturated rings. The van der Waals surface area contributed by atoms with Crippen molar-refractivity contribution in [3.8, 4) is 66.8 Å². The molecule has 2 aliphatic heterocycles. The number of benzene rings is 10. The molecule has 0 amide bonds. The number of rotatable bonds is 6. The van der Waals surface area contributed by atoms with Crippen LogP contribution in [0, 0.1) is 0 Å². The zero-order valence-electron chi connectivity index (χ0n) is 40.6. The van der Waals surface area contributed by atoms with Crippen LogP contribution in [0.15, 0.2) is 218 Å². The van der Waals surface area contributed by atoms with E-state index in [1.54, 1.807) is 20.7 Å². The summed E-state index contributed by atoms with van der Waals surface area (Å²) in [5, 5.41) is 6.19. The average Bonchev–Trinajstić information content (AvgIpc) is 4.04. The van der Waals surface area contributed by atoms with Gasteiger partial charge in [-0.25, -0.2) is 0 Å². The second-order valence-corrected chi connectivity index (χ2v) is 29.9. The lowest BCUT2D eigenvalue weighted by atomic mass is 9.70.